The highest BCUT2D eigenvalue weighted by molar-refractivity contribution is 5.94. The van der Waals surface area contributed by atoms with Gasteiger partial charge in [0.1, 0.15) is 6.54 Å². The van der Waals surface area contributed by atoms with E-state index in [1.807, 2.05) is 53.1 Å². The van der Waals surface area contributed by atoms with Crippen molar-refractivity contribution in [1.29, 1.82) is 0 Å². The topological polar surface area (TPSA) is 54.3 Å². The van der Waals surface area contributed by atoms with Crippen molar-refractivity contribution in [2.45, 2.75) is 44.3 Å². The molecule has 2 aliphatic rings. The summed E-state index contributed by atoms with van der Waals surface area (Å²) in [5.74, 6) is 0.0174. The lowest BCUT2D eigenvalue weighted by molar-refractivity contribution is -0.122. The molecule has 1 saturated carbocycles. The SMILES string of the molecule is O=C(Cn1c2ccccc2c(=O)c2ccccc21)NC1CCN(C2CC2)CC1. The second-order valence-electron chi connectivity index (χ2n) is 8.06. The second-order valence-corrected chi connectivity index (χ2v) is 8.06. The van der Waals surface area contributed by atoms with Crippen molar-refractivity contribution in [3.63, 3.8) is 0 Å². The Morgan fingerprint density at radius 3 is 2.04 bits per heavy atom. The quantitative estimate of drug-likeness (QED) is 0.714. The number of fused-ring (bicyclic) bond motifs is 2. The maximum Gasteiger partial charge on any atom is 0.240 e. The number of hydrogen-bond donors (Lipinski definition) is 1. The number of para-hydroxylation sites is 2. The zero-order chi connectivity index (χ0) is 19.1. The molecule has 2 heterocycles. The zero-order valence-corrected chi connectivity index (χ0v) is 15.9. The number of hydrogen-bond acceptors (Lipinski definition) is 3. The predicted molar refractivity (Wildman–Crippen MR) is 111 cm³/mol. The van der Waals surface area contributed by atoms with Gasteiger partial charge >= 0.3 is 0 Å². The van der Waals surface area contributed by atoms with E-state index in [-0.39, 0.29) is 23.9 Å². The molecule has 28 heavy (non-hydrogen) atoms. The molecule has 0 unspecified atom stereocenters. The zero-order valence-electron chi connectivity index (χ0n) is 15.9. The molecule has 0 bridgehead atoms. The highest BCUT2D eigenvalue weighted by Crippen LogP contribution is 2.29. The first kappa shape index (κ1) is 17.4. The van der Waals surface area contributed by atoms with Gasteiger partial charge in [-0.05, 0) is 49.9 Å². The normalized spacial score (nSPS) is 18.6. The molecule has 3 aromatic rings. The Morgan fingerprint density at radius 1 is 0.893 bits per heavy atom. The number of amides is 1. The van der Waals surface area contributed by atoms with Gasteiger partial charge in [0.25, 0.3) is 0 Å². The maximum atomic E-state index is 12.9. The van der Waals surface area contributed by atoms with E-state index in [2.05, 4.69) is 10.2 Å². The van der Waals surface area contributed by atoms with Crippen molar-refractivity contribution in [1.82, 2.24) is 14.8 Å². The molecule has 0 radical (unpaired) electrons. The number of benzene rings is 2. The monoisotopic (exact) mass is 375 g/mol. The molecule has 1 N–H and O–H groups in total. The fourth-order valence-electron chi connectivity index (χ4n) is 4.51. The smallest absolute Gasteiger partial charge is 0.240 e. The van der Waals surface area contributed by atoms with Gasteiger partial charge in [0, 0.05) is 35.9 Å². The Hall–Kier alpha value is -2.66. The summed E-state index contributed by atoms with van der Waals surface area (Å²) in [5, 5.41) is 4.54. The van der Waals surface area contributed by atoms with Crippen molar-refractivity contribution < 1.29 is 4.79 Å². The minimum Gasteiger partial charge on any atom is -0.352 e. The van der Waals surface area contributed by atoms with Gasteiger partial charge in [-0.15, -0.1) is 0 Å². The highest BCUT2D eigenvalue weighted by atomic mass is 16.2. The largest absolute Gasteiger partial charge is 0.352 e. The van der Waals surface area contributed by atoms with Crippen LogP contribution in [0.1, 0.15) is 25.7 Å². The van der Waals surface area contributed by atoms with Crippen LogP contribution in [0.25, 0.3) is 21.8 Å². The van der Waals surface area contributed by atoms with Gasteiger partial charge in [-0.25, -0.2) is 0 Å². The molecule has 5 heteroatoms. The van der Waals surface area contributed by atoms with Gasteiger partial charge in [0.15, 0.2) is 5.43 Å². The molecule has 5 nitrogen and oxygen atoms in total. The van der Waals surface area contributed by atoms with Gasteiger partial charge in [-0.2, -0.15) is 0 Å². The molecule has 2 aromatic carbocycles. The molecule has 0 spiro atoms. The van der Waals surface area contributed by atoms with Gasteiger partial charge < -0.3 is 14.8 Å². The van der Waals surface area contributed by atoms with E-state index in [1.54, 1.807) is 0 Å². The number of nitrogens with zero attached hydrogens (tertiary/aromatic N) is 2. The third kappa shape index (κ3) is 3.20. The van der Waals surface area contributed by atoms with Crippen LogP contribution >= 0.6 is 0 Å². The number of nitrogens with one attached hydrogen (secondary N) is 1. The summed E-state index contributed by atoms with van der Waals surface area (Å²) in [4.78, 5) is 28.2. The van der Waals surface area contributed by atoms with E-state index in [0.29, 0.717) is 10.8 Å². The van der Waals surface area contributed by atoms with Crippen molar-refractivity contribution in [2.24, 2.45) is 0 Å². The molecule has 1 saturated heterocycles. The molecular weight excluding hydrogens is 350 g/mol. The highest BCUT2D eigenvalue weighted by Gasteiger charge is 2.32. The lowest BCUT2D eigenvalue weighted by Crippen LogP contribution is -2.46. The van der Waals surface area contributed by atoms with Crippen LogP contribution in [0.4, 0.5) is 0 Å². The van der Waals surface area contributed by atoms with Crippen LogP contribution in [-0.4, -0.2) is 40.5 Å². The van der Waals surface area contributed by atoms with Gasteiger partial charge in [0.05, 0.1) is 11.0 Å². The summed E-state index contributed by atoms with van der Waals surface area (Å²) < 4.78 is 1.97. The van der Waals surface area contributed by atoms with Crippen LogP contribution in [0.15, 0.2) is 53.3 Å². The van der Waals surface area contributed by atoms with Crippen molar-refractivity contribution in [2.75, 3.05) is 13.1 Å². The summed E-state index contributed by atoms with van der Waals surface area (Å²) in [5.41, 5.74) is 1.64. The van der Waals surface area contributed by atoms with Crippen LogP contribution < -0.4 is 10.7 Å². The van der Waals surface area contributed by atoms with Crippen molar-refractivity contribution in [3.05, 3.63) is 58.8 Å². The third-order valence-corrected chi connectivity index (χ3v) is 6.14. The number of aromatic nitrogens is 1. The average Bonchev–Trinajstić information content (AvgIpc) is 3.57. The van der Waals surface area contributed by atoms with Crippen LogP contribution in [0.5, 0.6) is 0 Å². The Morgan fingerprint density at radius 2 is 1.46 bits per heavy atom. The van der Waals surface area contributed by atoms with Crippen molar-refractivity contribution in [3.8, 4) is 0 Å². The first-order chi connectivity index (χ1) is 13.7. The lowest BCUT2D eigenvalue weighted by atomic mass is 10.0. The molecular formula is C23H25N3O2. The number of carbonyl (C=O) groups excluding carboxylic acids is 1. The van der Waals surface area contributed by atoms with Crippen LogP contribution in [0, 0.1) is 0 Å². The number of carbonyl (C=O) groups is 1. The van der Waals surface area contributed by atoms with E-state index < -0.39 is 0 Å². The molecule has 1 aliphatic carbocycles. The fourth-order valence-corrected chi connectivity index (χ4v) is 4.51. The van der Waals surface area contributed by atoms with E-state index in [1.165, 1.54) is 12.8 Å². The number of likely N-dealkylation sites (tertiary alicyclic amines) is 1. The molecule has 1 amide bonds. The predicted octanol–water partition coefficient (Wildman–Crippen LogP) is 2.90. The number of piperidine rings is 1. The van der Waals surface area contributed by atoms with E-state index >= 15 is 0 Å². The summed E-state index contributed by atoms with van der Waals surface area (Å²) in [6, 6.07) is 16.1. The summed E-state index contributed by atoms with van der Waals surface area (Å²) >= 11 is 0. The van der Waals surface area contributed by atoms with Crippen LogP contribution in [0.3, 0.4) is 0 Å². The molecule has 5 rings (SSSR count). The lowest BCUT2D eigenvalue weighted by Gasteiger charge is -2.32. The molecule has 144 valence electrons. The number of pyridine rings is 1. The van der Waals surface area contributed by atoms with Crippen LogP contribution in [0.2, 0.25) is 0 Å². The molecule has 2 fully saturated rings. The van der Waals surface area contributed by atoms with E-state index in [4.69, 9.17) is 0 Å². The summed E-state index contributed by atoms with van der Waals surface area (Å²) in [7, 11) is 0. The Balaban J connectivity index is 1.40. The van der Waals surface area contributed by atoms with Gasteiger partial charge in [-0.3, -0.25) is 9.59 Å². The minimum absolute atomic E-state index is 0.0174. The molecule has 0 atom stereocenters. The first-order valence-corrected chi connectivity index (χ1v) is 10.2. The van der Waals surface area contributed by atoms with Crippen molar-refractivity contribution >= 4 is 27.7 Å². The average molecular weight is 375 g/mol. The fraction of sp³-hybridized carbons (Fsp3) is 0.391. The minimum atomic E-state index is 0.0174. The summed E-state index contributed by atoms with van der Waals surface area (Å²) in [6.07, 6.45) is 4.72. The van der Waals surface area contributed by atoms with E-state index in [0.717, 1.165) is 43.0 Å². The van der Waals surface area contributed by atoms with Crippen LogP contribution in [-0.2, 0) is 11.3 Å². The Labute approximate surface area is 163 Å². The molecule has 1 aliphatic heterocycles. The third-order valence-electron chi connectivity index (χ3n) is 6.14. The van der Waals surface area contributed by atoms with Gasteiger partial charge in [0.2, 0.25) is 5.91 Å². The Bertz CT molecular complexity index is 1030. The Kier molecular flexibility index (Phi) is 4.40. The number of rotatable bonds is 4. The van der Waals surface area contributed by atoms with E-state index in [9.17, 15) is 9.59 Å². The maximum absolute atomic E-state index is 12.9. The summed E-state index contributed by atoms with van der Waals surface area (Å²) in [6.45, 7) is 2.39. The van der Waals surface area contributed by atoms with Gasteiger partial charge in [-0.1, -0.05) is 24.3 Å². The second kappa shape index (κ2) is 7.06. The standard InChI is InChI=1S/C23H25N3O2/c27-22(24-16-11-13-25(14-12-16)17-9-10-17)15-26-20-7-3-1-5-18(20)23(28)19-6-2-4-8-21(19)26/h1-8,16-17H,9-15H2,(H,24,27). The molecule has 1 aromatic heterocycles. The first-order valence-electron chi connectivity index (χ1n) is 10.2.